The molecule has 1 saturated heterocycles. The van der Waals surface area contributed by atoms with Crippen molar-refractivity contribution in [3.05, 3.63) is 0 Å². The highest BCUT2D eigenvalue weighted by Crippen LogP contribution is 1.99. The van der Waals surface area contributed by atoms with E-state index in [0.717, 1.165) is 19.4 Å². The first-order chi connectivity index (χ1) is 7.74. The Hall–Kier alpha value is -1.10. The molecular formula is C11H20N2O3. The molecule has 2 amide bonds. The summed E-state index contributed by atoms with van der Waals surface area (Å²) in [5.74, 6) is -0.0422. The molecule has 1 aliphatic rings. The zero-order valence-electron chi connectivity index (χ0n) is 9.83. The van der Waals surface area contributed by atoms with E-state index in [0.29, 0.717) is 26.1 Å². The first-order valence-electron chi connectivity index (χ1n) is 5.86. The predicted octanol–water partition coefficient (Wildman–Crippen LogP) is 0.152. The largest absolute Gasteiger partial charge is 0.381 e. The van der Waals surface area contributed by atoms with Crippen molar-refractivity contribution in [1.82, 2.24) is 10.2 Å². The van der Waals surface area contributed by atoms with Crippen molar-refractivity contribution >= 4 is 11.8 Å². The van der Waals surface area contributed by atoms with Crippen molar-refractivity contribution in [2.45, 2.75) is 26.2 Å². The zero-order valence-corrected chi connectivity index (χ0v) is 9.83. The van der Waals surface area contributed by atoms with Gasteiger partial charge in [-0.15, -0.1) is 0 Å². The highest BCUT2D eigenvalue weighted by atomic mass is 16.5. The average Bonchev–Trinajstić information content (AvgIpc) is 2.43. The Labute approximate surface area is 96.1 Å². The Morgan fingerprint density at radius 3 is 2.94 bits per heavy atom. The molecule has 0 aromatic heterocycles. The smallest absolute Gasteiger partial charge is 0.241 e. The minimum absolute atomic E-state index is 0.00124. The topological polar surface area (TPSA) is 58.6 Å². The van der Waals surface area contributed by atoms with E-state index < -0.39 is 0 Å². The third-order valence-corrected chi connectivity index (χ3v) is 2.46. The molecule has 0 aliphatic carbocycles. The van der Waals surface area contributed by atoms with Crippen LogP contribution in [0.15, 0.2) is 0 Å². The molecule has 5 nitrogen and oxygen atoms in total. The number of rotatable bonds is 6. The van der Waals surface area contributed by atoms with E-state index in [4.69, 9.17) is 4.74 Å². The molecule has 5 heteroatoms. The molecule has 1 fully saturated rings. The first kappa shape index (κ1) is 13.0. The fourth-order valence-corrected chi connectivity index (χ4v) is 1.58. The third kappa shape index (κ3) is 4.61. The van der Waals surface area contributed by atoms with E-state index in [-0.39, 0.29) is 18.4 Å². The number of nitrogens with zero attached hydrogens (tertiary/aromatic N) is 1. The molecule has 0 atom stereocenters. The molecule has 92 valence electrons. The van der Waals surface area contributed by atoms with Gasteiger partial charge in [-0.25, -0.2) is 0 Å². The molecule has 1 N–H and O–H groups in total. The number of carbonyl (C=O) groups excluding carboxylic acids is 2. The quantitative estimate of drug-likeness (QED) is 0.658. The van der Waals surface area contributed by atoms with Crippen LogP contribution in [-0.2, 0) is 14.3 Å². The summed E-state index contributed by atoms with van der Waals surface area (Å²) in [7, 11) is 0. The summed E-state index contributed by atoms with van der Waals surface area (Å²) in [6, 6.07) is 0. The van der Waals surface area contributed by atoms with Crippen molar-refractivity contribution in [2.75, 3.05) is 32.8 Å². The molecule has 0 bridgehead atoms. The number of nitrogens with one attached hydrogen (secondary N) is 1. The maximum Gasteiger partial charge on any atom is 0.241 e. The van der Waals surface area contributed by atoms with Crippen LogP contribution in [0.3, 0.4) is 0 Å². The van der Waals surface area contributed by atoms with Gasteiger partial charge in [-0.05, 0) is 12.8 Å². The maximum atomic E-state index is 11.6. The van der Waals surface area contributed by atoms with Gasteiger partial charge in [0.2, 0.25) is 11.8 Å². The third-order valence-electron chi connectivity index (χ3n) is 2.46. The molecule has 0 aromatic rings. The van der Waals surface area contributed by atoms with Gasteiger partial charge in [0.05, 0.1) is 6.54 Å². The van der Waals surface area contributed by atoms with Crippen LogP contribution in [0.2, 0.25) is 0 Å². The van der Waals surface area contributed by atoms with Crippen LogP contribution in [0, 0.1) is 0 Å². The second kappa shape index (κ2) is 7.22. The molecule has 1 rings (SSSR count). The predicted molar refractivity (Wildman–Crippen MR) is 59.9 cm³/mol. The summed E-state index contributed by atoms with van der Waals surface area (Å²) >= 11 is 0. The van der Waals surface area contributed by atoms with E-state index in [9.17, 15) is 9.59 Å². The summed E-state index contributed by atoms with van der Waals surface area (Å²) in [5.41, 5.74) is 0. The number of ether oxygens (including phenoxy) is 1. The lowest BCUT2D eigenvalue weighted by Crippen LogP contribution is -2.36. The van der Waals surface area contributed by atoms with Crippen LogP contribution in [0.4, 0.5) is 0 Å². The second-order valence-corrected chi connectivity index (χ2v) is 3.87. The fraction of sp³-hybridized carbons (Fsp3) is 0.818. The van der Waals surface area contributed by atoms with Crippen molar-refractivity contribution in [3.8, 4) is 0 Å². The summed E-state index contributed by atoms with van der Waals surface area (Å²) < 4.78 is 5.34. The van der Waals surface area contributed by atoms with E-state index in [2.05, 4.69) is 12.2 Å². The van der Waals surface area contributed by atoms with E-state index >= 15 is 0 Å². The van der Waals surface area contributed by atoms with Gasteiger partial charge in [0.25, 0.3) is 0 Å². The summed E-state index contributed by atoms with van der Waals surface area (Å²) in [4.78, 5) is 24.4. The van der Waals surface area contributed by atoms with Gasteiger partial charge in [-0.1, -0.05) is 6.92 Å². The first-order valence-corrected chi connectivity index (χ1v) is 5.86. The monoisotopic (exact) mass is 228 g/mol. The highest BCUT2D eigenvalue weighted by Gasteiger charge is 2.19. The molecule has 0 unspecified atom stereocenters. The van der Waals surface area contributed by atoms with Gasteiger partial charge >= 0.3 is 0 Å². The minimum atomic E-state index is -0.0434. The Bertz CT molecular complexity index is 243. The Balaban J connectivity index is 2.19. The van der Waals surface area contributed by atoms with E-state index in [1.165, 1.54) is 0 Å². The van der Waals surface area contributed by atoms with Crippen molar-refractivity contribution in [2.24, 2.45) is 0 Å². The van der Waals surface area contributed by atoms with E-state index in [1.807, 2.05) is 0 Å². The van der Waals surface area contributed by atoms with Gasteiger partial charge in [0, 0.05) is 32.7 Å². The van der Waals surface area contributed by atoms with Gasteiger partial charge in [-0.2, -0.15) is 0 Å². The molecule has 0 saturated carbocycles. The lowest BCUT2D eigenvalue weighted by atomic mass is 10.3. The Morgan fingerprint density at radius 2 is 2.19 bits per heavy atom. The maximum absolute atomic E-state index is 11.6. The van der Waals surface area contributed by atoms with Crippen LogP contribution in [0.5, 0.6) is 0 Å². The van der Waals surface area contributed by atoms with Gasteiger partial charge in [0.15, 0.2) is 0 Å². The van der Waals surface area contributed by atoms with Crippen molar-refractivity contribution in [1.29, 1.82) is 0 Å². The van der Waals surface area contributed by atoms with E-state index in [1.54, 1.807) is 4.90 Å². The standard InChI is InChI=1S/C11H20N2O3/c1-2-7-16-8-3-5-13-6-4-10(14)12-9-11(13)15/h2-9H2,1H3,(H,12,14). The number of hydrogen-bond donors (Lipinski definition) is 1. The average molecular weight is 228 g/mol. The van der Waals surface area contributed by atoms with Crippen LogP contribution >= 0.6 is 0 Å². The molecule has 0 radical (unpaired) electrons. The molecule has 16 heavy (non-hydrogen) atoms. The number of carbonyl (C=O) groups is 2. The van der Waals surface area contributed by atoms with Crippen molar-refractivity contribution in [3.63, 3.8) is 0 Å². The highest BCUT2D eigenvalue weighted by molar-refractivity contribution is 5.87. The minimum Gasteiger partial charge on any atom is -0.381 e. The molecule has 0 aromatic carbocycles. The molecule has 1 aliphatic heterocycles. The Kier molecular flexibility index (Phi) is 5.85. The summed E-state index contributed by atoms with van der Waals surface area (Å²) in [5, 5.41) is 2.57. The lowest BCUT2D eigenvalue weighted by Gasteiger charge is -2.19. The summed E-state index contributed by atoms with van der Waals surface area (Å²) in [6.45, 7) is 4.85. The van der Waals surface area contributed by atoms with Gasteiger partial charge in [-0.3, -0.25) is 9.59 Å². The summed E-state index contributed by atoms with van der Waals surface area (Å²) in [6.07, 6.45) is 2.25. The van der Waals surface area contributed by atoms with Crippen molar-refractivity contribution < 1.29 is 14.3 Å². The Morgan fingerprint density at radius 1 is 1.38 bits per heavy atom. The fourth-order valence-electron chi connectivity index (χ4n) is 1.58. The normalized spacial score (nSPS) is 17.2. The molecular weight excluding hydrogens is 208 g/mol. The van der Waals surface area contributed by atoms with Gasteiger partial charge in [0.1, 0.15) is 0 Å². The molecule has 1 heterocycles. The molecule has 0 spiro atoms. The van der Waals surface area contributed by atoms with Gasteiger partial charge < -0.3 is 15.0 Å². The van der Waals surface area contributed by atoms with Crippen LogP contribution in [0.25, 0.3) is 0 Å². The number of amides is 2. The van der Waals surface area contributed by atoms with Crippen LogP contribution in [-0.4, -0.2) is 49.6 Å². The van der Waals surface area contributed by atoms with Crippen LogP contribution < -0.4 is 5.32 Å². The lowest BCUT2D eigenvalue weighted by molar-refractivity contribution is -0.130. The zero-order chi connectivity index (χ0) is 11.8. The number of hydrogen-bond acceptors (Lipinski definition) is 3. The second-order valence-electron chi connectivity index (χ2n) is 3.87. The van der Waals surface area contributed by atoms with Crippen LogP contribution in [0.1, 0.15) is 26.2 Å². The SMILES string of the molecule is CCCOCCCN1CCC(=O)NCC1=O.